The average molecular weight is 412 g/mol. The maximum atomic E-state index is 13.4. The summed E-state index contributed by atoms with van der Waals surface area (Å²) in [5.41, 5.74) is 4.56. The van der Waals surface area contributed by atoms with Crippen LogP contribution in [0.1, 0.15) is 16.7 Å². The van der Waals surface area contributed by atoms with E-state index in [4.69, 9.17) is 4.98 Å². The summed E-state index contributed by atoms with van der Waals surface area (Å²) < 4.78 is 1.64. The molecule has 1 unspecified atom stereocenters. The molecule has 0 amide bonds. The Morgan fingerprint density at radius 3 is 2.43 bits per heavy atom. The van der Waals surface area contributed by atoms with Crippen molar-refractivity contribution in [2.45, 2.75) is 30.7 Å². The van der Waals surface area contributed by atoms with E-state index >= 15 is 0 Å². The lowest BCUT2D eigenvalue weighted by molar-refractivity contribution is 0.810. The van der Waals surface area contributed by atoms with Crippen molar-refractivity contribution in [3.05, 3.63) is 99.8 Å². The van der Waals surface area contributed by atoms with Gasteiger partial charge in [0.05, 0.1) is 22.7 Å². The van der Waals surface area contributed by atoms with Crippen molar-refractivity contribution in [3.8, 4) is 11.8 Å². The Balaban J connectivity index is 1.81. The van der Waals surface area contributed by atoms with Crippen molar-refractivity contribution in [1.82, 2.24) is 9.55 Å². The zero-order valence-corrected chi connectivity index (χ0v) is 17.7. The van der Waals surface area contributed by atoms with Crippen LogP contribution >= 0.6 is 11.8 Å². The lowest BCUT2D eigenvalue weighted by atomic mass is 10.1. The number of aromatic nitrogens is 2. The van der Waals surface area contributed by atoms with Crippen LogP contribution in [0.25, 0.3) is 16.6 Å². The molecule has 0 radical (unpaired) electrons. The Labute approximate surface area is 179 Å². The van der Waals surface area contributed by atoms with E-state index in [9.17, 15) is 10.1 Å². The zero-order chi connectivity index (χ0) is 21.1. The number of fused-ring (bicyclic) bond motifs is 1. The molecule has 0 aliphatic carbocycles. The third kappa shape index (κ3) is 4.00. The maximum Gasteiger partial charge on any atom is 0.266 e. The minimum Gasteiger partial charge on any atom is -0.268 e. The van der Waals surface area contributed by atoms with Gasteiger partial charge in [-0.2, -0.15) is 5.26 Å². The molecule has 1 atom stereocenters. The first-order chi connectivity index (χ1) is 14.6. The molecule has 0 aliphatic rings. The second-order valence-electron chi connectivity index (χ2n) is 7.26. The molecule has 0 aliphatic heterocycles. The Morgan fingerprint density at radius 1 is 1.00 bits per heavy atom. The van der Waals surface area contributed by atoms with E-state index in [1.807, 2.05) is 80.6 Å². The number of thioether (sulfide) groups is 1. The summed E-state index contributed by atoms with van der Waals surface area (Å²) in [5.74, 6) is 0. The molecular weight excluding hydrogens is 390 g/mol. The topological polar surface area (TPSA) is 58.7 Å². The van der Waals surface area contributed by atoms with Gasteiger partial charge < -0.3 is 0 Å². The van der Waals surface area contributed by atoms with Gasteiger partial charge in [0.25, 0.3) is 5.56 Å². The smallest absolute Gasteiger partial charge is 0.266 e. The van der Waals surface area contributed by atoms with Crippen LogP contribution < -0.4 is 5.56 Å². The van der Waals surface area contributed by atoms with E-state index in [1.54, 1.807) is 10.6 Å². The van der Waals surface area contributed by atoms with Crippen LogP contribution in [0, 0.1) is 25.2 Å². The predicted molar refractivity (Wildman–Crippen MR) is 122 cm³/mol. The molecule has 3 aromatic carbocycles. The molecule has 1 aromatic heterocycles. The SMILES string of the molecule is Cc1ccc(CC(C#N)Sc2nc3ccccc3c(=O)n2-c2ccccc2C)cc1. The van der Waals surface area contributed by atoms with E-state index in [0.29, 0.717) is 22.5 Å². The van der Waals surface area contributed by atoms with Crippen LogP contribution in [0.2, 0.25) is 0 Å². The number of nitrogens with zero attached hydrogens (tertiary/aromatic N) is 3. The van der Waals surface area contributed by atoms with Crippen LogP contribution in [-0.2, 0) is 6.42 Å². The Bertz CT molecular complexity index is 1300. The van der Waals surface area contributed by atoms with Gasteiger partial charge in [-0.15, -0.1) is 0 Å². The van der Waals surface area contributed by atoms with Crippen LogP contribution in [0.5, 0.6) is 0 Å². The molecule has 0 N–H and O–H groups in total. The highest BCUT2D eigenvalue weighted by atomic mass is 32.2. The molecule has 0 saturated heterocycles. The third-order valence-corrected chi connectivity index (χ3v) is 6.08. The second-order valence-corrected chi connectivity index (χ2v) is 8.43. The van der Waals surface area contributed by atoms with E-state index in [-0.39, 0.29) is 10.8 Å². The standard InChI is InChI=1S/C25H21N3OS/c1-17-11-13-19(14-12-17)15-20(16-26)30-25-27-22-9-5-4-8-21(22)24(29)28(25)23-10-6-3-7-18(23)2/h3-14,20H,15H2,1-2H3. The van der Waals surface area contributed by atoms with Gasteiger partial charge in [0.15, 0.2) is 5.16 Å². The summed E-state index contributed by atoms with van der Waals surface area (Å²) in [6, 6.07) is 25.7. The first-order valence-electron chi connectivity index (χ1n) is 9.76. The molecule has 5 heteroatoms. The Morgan fingerprint density at radius 2 is 1.70 bits per heavy atom. The van der Waals surface area contributed by atoms with Gasteiger partial charge in [0.2, 0.25) is 0 Å². The molecule has 0 bridgehead atoms. The highest BCUT2D eigenvalue weighted by Gasteiger charge is 2.19. The van der Waals surface area contributed by atoms with Crippen molar-refractivity contribution in [2.24, 2.45) is 0 Å². The number of hydrogen-bond donors (Lipinski definition) is 0. The van der Waals surface area contributed by atoms with Gasteiger partial charge in [-0.1, -0.05) is 71.9 Å². The summed E-state index contributed by atoms with van der Waals surface area (Å²) >= 11 is 1.34. The van der Waals surface area contributed by atoms with Gasteiger partial charge in [-0.3, -0.25) is 9.36 Å². The quantitative estimate of drug-likeness (QED) is 0.333. The zero-order valence-electron chi connectivity index (χ0n) is 16.9. The molecule has 148 valence electrons. The third-order valence-electron chi connectivity index (χ3n) is 5.03. The second kappa shape index (κ2) is 8.56. The number of rotatable bonds is 5. The summed E-state index contributed by atoms with van der Waals surface area (Å²) in [6.07, 6.45) is 0.581. The first kappa shape index (κ1) is 19.9. The highest BCUT2D eigenvalue weighted by Crippen LogP contribution is 2.28. The summed E-state index contributed by atoms with van der Waals surface area (Å²) in [4.78, 5) is 18.2. The van der Waals surface area contributed by atoms with Gasteiger partial charge in [-0.05, 0) is 49.6 Å². The maximum absolute atomic E-state index is 13.4. The number of para-hydroxylation sites is 2. The molecule has 0 saturated carbocycles. The van der Waals surface area contributed by atoms with Gasteiger partial charge >= 0.3 is 0 Å². The van der Waals surface area contributed by atoms with Crippen molar-refractivity contribution < 1.29 is 0 Å². The molecule has 4 nitrogen and oxygen atoms in total. The van der Waals surface area contributed by atoms with Gasteiger partial charge in [-0.25, -0.2) is 4.98 Å². The van der Waals surface area contributed by atoms with Crippen molar-refractivity contribution >= 4 is 22.7 Å². The van der Waals surface area contributed by atoms with Gasteiger partial charge in [0, 0.05) is 0 Å². The fourth-order valence-electron chi connectivity index (χ4n) is 3.40. The Kier molecular flexibility index (Phi) is 5.69. The van der Waals surface area contributed by atoms with Crippen LogP contribution in [0.3, 0.4) is 0 Å². The Hall–Kier alpha value is -3.36. The van der Waals surface area contributed by atoms with E-state index in [1.165, 1.54) is 17.3 Å². The lowest BCUT2D eigenvalue weighted by Gasteiger charge is -2.17. The minimum absolute atomic E-state index is 0.121. The normalized spacial score (nSPS) is 11.9. The van der Waals surface area contributed by atoms with Crippen LogP contribution in [0.15, 0.2) is 82.7 Å². The minimum atomic E-state index is -0.365. The molecule has 30 heavy (non-hydrogen) atoms. The molecule has 4 rings (SSSR count). The number of hydrogen-bond acceptors (Lipinski definition) is 4. The number of aryl methyl sites for hydroxylation is 2. The van der Waals surface area contributed by atoms with Crippen molar-refractivity contribution in [1.29, 1.82) is 5.26 Å². The van der Waals surface area contributed by atoms with Crippen LogP contribution in [0.4, 0.5) is 0 Å². The fraction of sp³-hybridized carbons (Fsp3) is 0.160. The van der Waals surface area contributed by atoms with Crippen LogP contribution in [-0.4, -0.2) is 14.8 Å². The number of benzene rings is 3. The van der Waals surface area contributed by atoms with Crippen molar-refractivity contribution in [3.63, 3.8) is 0 Å². The number of nitriles is 1. The summed E-state index contributed by atoms with van der Waals surface area (Å²) in [7, 11) is 0. The lowest BCUT2D eigenvalue weighted by Crippen LogP contribution is -2.23. The van der Waals surface area contributed by atoms with E-state index in [2.05, 4.69) is 6.07 Å². The molecule has 0 spiro atoms. The van der Waals surface area contributed by atoms with E-state index in [0.717, 1.165) is 16.8 Å². The predicted octanol–water partition coefficient (Wildman–Crippen LogP) is 5.23. The monoisotopic (exact) mass is 411 g/mol. The molecule has 4 aromatic rings. The average Bonchev–Trinajstić information content (AvgIpc) is 2.76. The molecule has 0 fully saturated rings. The fourth-order valence-corrected chi connectivity index (χ4v) is 4.42. The summed E-state index contributed by atoms with van der Waals surface area (Å²) in [6.45, 7) is 4.01. The first-order valence-corrected chi connectivity index (χ1v) is 10.6. The summed E-state index contributed by atoms with van der Waals surface area (Å²) in [5, 5.41) is 10.6. The molecular formula is C25H21N3OS. The largest absolute Gasteiger partial charge is 0.268 e. The highest BCUT2D eigenvalue weighted by molar-refractivity contribution is 8.00. The van der Waals surface area contributed by atoms with Gasteiger partial charge in [0.1, 0.15) is 5.25 Å². The van der Waals surface area contributed by atoms with Crippen molar-refractivity contribution in [2.75, 3.05) is 0 Å². The van der Waals surface area contributed by atoms with E-state index < -0.39 is 0 Å². The molecule has 1 heterocycles.